The molecule has 1 heterocycles. The Morgan fingerprint density at radius 1 is 1.09 bits per heavy atom. The average Bonchev–Trinajstić information content (AvgIpc) is 3.52. The highest BCUT2D eigenvalue weighted by molar-refractivity contribution is 7.19. The SMILES string of the molecule is COC(=O)[C@H]1CCC[C@H](Oc2ccc(-c3sc(Cl)cc3COC(=O)N(C)C3CCCC3)cc2)C1. The Bertz CT molecular complexity index is 986. The standard InChI is InChI=1S/C26H32ClNO5S/c1-28(20-7-3-4-8-20)26(30)32-16-19-15-23(27)34-24(19)17-10-12-21(13-11-17)33-22-9-5-6-18(14-22)25(29)31-2/h10-13,15,18,20,22H,3-9,14,16H2,1-2H3/t18-,22-/m0/s1. The van der Waals surface area contributed by atoms with Gasteiger partial charge >= 0.3 is 12.1 Å². The molecule has 8 heteroatoms. The molecule has 2 fully saturated rings. The largest absolute Gasteiger partial charge is 0.490 e. The van der Waals surface area contributed by atoms with Crippen LogP contribution in [0, 0.1) is 5.92 Å². The second-order valence-electron chi connectivity index (χ2n) is 9.16. The number of methoxy groups -OCH3 is 1. The van der Waals surface area contributed by atoms with Gasteiger partial charge in [0, 0.05) is 23.5 Å². The average molecular weight is 506 g/mol. The lowest BCUT2D eigenvalue weighted by Gasteiger charge is -2.28. The summed E-state index contributed by atoms with van der Waals surface area (Å²) in [6, 6.07) is 10.0. The fourth-order valence-electron chi connectivity index (χ4n) is 4.94. The predicted octanol–water partition coefficient (Wildman–Crippen LogP) is 6.69. The van der Waals surface area contributed by atoms with Gasteiger partial charge in [0.2, 0.25) is 0 Å². The second-order valence-corrected chi connectivity index (χ2v) is 10.8. The monoisotopic (exact) mass is 505 g/mol. The molecule has 0 spiro atoms. The molecule has 1 aromatic carbocycles. The van der Waals surface area contributed by atoms with Gasteiger partial charge in [0.05, 0.1) is 23.5 Å². The molecule has 2 aromatic rings. The van der Waals surface area contributed by atoms with Crippen molar-refractivity contribution < 1.29 is 23.8 Å². The Kier molecular flexibility index (Phi) is 8.37. The quantitative estimate of drug-likeness (QED) is 0.392. The van der Waals surface area contributed by atoms with E-state index >= 15 is 0 Å². The summed E-state index contributed by atoms with van der Waals surface area (Å²) in [7, 11) is 3.25. The number of carbonyl (C=O) groups excluding carboxylic acids is 2. The first kappa shape index (κ1) is 24.9. The van der Waals surface area contributed by atoms with Gasteiger partial charge in [0.1, 0.15) is 12.4 Å². The number of thiophene rings is 1. The van der Waals surface area contributed by atoms with Gasteiger partial charge in [0.15, 0.2) is 0 Å². The molecular weight excluding hydrogens is 474 g/mol. The number of benzene rings is 1. The molecule has 4 rings (SSSR count). The van der Waals surface area contributed by atoms with Crippen LogP contribution in [0.2, 0.25) is 4.34 Å². The van der Waals surface area contributed by atoms with Gasteiger partial charge in [-0.1, -0.05) is 24.4 Å². The Labute approximate surface area is 210 Å². The number of hydrogen-bond donors (Lipinski definition) is 0. The molecule has 0 N–H and O–H groups in total. The van der Waals surface area contributed by atoms with Gasteiger partial charge in [0.25, 0.3) is 0 Å². The summed E-state index contributed by atoms with van der Waals surface area (Å²) < 4.78 is 17.3. The number of rotatable bonds is 7. The minimum absolute atomic E-state index is 0.00622. The van der Waals surface area contributed by atoms with Gasteiger partial charge in [-0.15, -0.1) is 11.3 Å². The van der Waals surface area contributed by atoms with Crippen molar-refractivity contribution in [3.63, 3.8) is 0 Å². The zero-order valence-corrected chi connectivity index (χ0v) is 21.3. The number of carbonyl (C=O) groups is 2. The van der Waals surface area contributed by atoms with Crippen LogP contribution in [0.15, 0.2) is 30.3 Å². The zero-order valence-electron chi connectivity index (χ0n) is 19.8. The van der Waals surface area contributed by atoms with E-state index < -0.39 is 0 Å². The summed E-state index contributed by atoms with van der Waals surface area (Å²) in [4.78, 5) is 27.1. The van der Waals surface area contributed by atoms with Gasteiger partial charge in [-0.2, -0.15) is 0 Å². The first-order valence-electron chi connectivity index (χ1n) is 12.0. The summed E-state index contributed by atoms with van der Waals surface area (Å²) in [5.74, 6) is 0.531. The highest BCUT2D eigenvalue weighted by Crippen LogP contribution is 2.37. The summed E-state index contributed by atoms with van der Waals surface area (Å²) >= 11 is 7.78. The minimum Gasteiger partial charge on any atom is -0.490 e. The van der Waals surface area contributed by atoms with E-state index in [-0.39, 0.29) is 36.7 Å². The lowest BCUT2D eigenvalue weighted by atomic mass is 9.87. The van der Waals surface area contributed by atoms with Crippen molar-refractivity contribution in [2.24, 2.45) is 5.92 Å². The lowest BCUT2D eigenvalue weighted by molar-refractivity contribution is -0.147. The molecule has 2 saturated carbocycles. The molecule has 0 unspecified atom stereocenters. The fourth-order valence-corrected chi connectivity index (χ4v) is 6.20. The number of amides is 1. The molecule has 184 valence electrons. The van der Waals surface area contributed by atoms with Crippen molar-refractivity contribution in [2.45, 2.75) is 70.1 Å². The molecule has 6 nitrogen and oxygen atoms in total. The molecule has 0 bridgehead atoms. The van der Waals surface area contributed by atoms with E-state index in [1.165, 1.54) is 31.3 Å². The summed E-state index contributed by atoms with van der Waals surface area (Å²) in [5.41, 5.74) is 1.89. The van der Waals surface area contributed by atoms with Crippen molar-refractivity contribution in [1.29, 1.82) is 0 Å². The van der Waals surface area contributed by atoms with Crippen LogP contribution < -0.4 is 4.74 Å². The van der Waals surface area contributed by atoms with Crippen molar-refractivity contribution in [2.75, 3.05) is 14.2 Å². The number of nitrogens with zero attached hydrogens (tertiary/aromatic N) is 1. The van der Waals surface area contributed by atoms with Crippen molar-refractivity contribution >= 4 is 35.0 Å². The van der Waals surface area contributed by atoms with Crippen LogP contribution in [0.1, 0.15) is 56.9 Å². The summed E-state index contributed by atoms with van der Waals surface area (Å²) in [5, 5.41) is 0. The van der Waals surface area contributed by atoms with Crippen molar-refractivity contribution in [3.8, 4) is 16.2 Å². The van der Waals surface area contributed by atoms with Crippen LogP contribution in [-0.4, -0.2) is 43.3 Å². The number of esters is 1. The number of halogens is 1. The molecule has 1 amide bonds. The third-order valence-electron chi connectivity index (χ3n) is 6.87. The number of hydrogen-bond acceptors (Lipinski definition) is 6. The smallest absolute Gasteiger partial charge is 0.410 e. The highest BCUT2D eigenvalue weighted by Gasteiger charge is 2.29. The first-order valence-corrected chi connectivity index (χ1v) is 13.2. The topological polar surface area (TPSA) is 65.1 Å². The zero-order chi connectivity index (χ0) is 24.1. The summed E-state index contributed by atoms with van der Waals surface area (Å²) in [6.45, 7) is 0.184. The Morgan fingerprint density at radius 3 is 2.53 bits per heavy atom. The van der Waals surface area contributed by atoms with E-state index in [1.54, 1.807) is 4.90 Å². The van der Waals surface area contributed by atoms with E-state index in [9.17, 15) is 9.59 Å². The highest BCUT2D eigenvalue weighted by atomic mass is 35.5. The lowest BCUT2D eigenvalue weighted by Crippen LogP contribution is -2.35. The predicted molar refractivity (Wildman–Crippen MR) is 133 cm³/mol. The van der Waals surface area contributed by atoms with Crippen LogP contribution >= 0.6 is 22.9 Å². The van der Waals surface area contributed by atoms with E-state index in [4.69, 9.17) is 25.8 Å². The van der Waals surface area contributed by atoms with Crippen molar-refractivity contribution in [1.82, 2.24) is 4.90 Å². The molecule has 1 aromatic heterocycles. The fraction of sp³-hybridized carbons (Fsp3) is 0.538. The van der Waals surface area contributed by atoms with Gasteiger partial charge in [-0.3, -0.25) is 4.79 Å². The van der Waals surface area contributed by atoms with E-state index in [0.29, 0.717) is 10.8 Å². The van der Waals surface area contributed by atoms with Crippen LogP contribution in [0.3, 0.4) is 0 Å². The molecule has 2 aliphatic carbocycles. The third-order valence-corrected chi connectivity index (χ3v) is 8.23. The summed E-state index contributed by atoms with van der Waals surface area (Å²) in [6.07, 6.45) is 7.55. The molecule has 0 aliphatic heterocycles. The Morgan fingerprint density at radius 2 is 1.82 bits per heavy atom. The molecule has 0 radical (unpaired) electrons. The third kappa shape index (κ3) is 6.05. The Hall–Kier alpha value is -2.25. The van der Waals surface area contributed by atoms with E-state index in [2.05, 4.69) is 0 Å². The molecule has 34 heavy (non-hydrogen) atoms. The molecule has 2 atom stereocenters. The van der Waals surface area contributed by atoms with E-state index in [1.807, 2.05) is 37.4 Å². The normalized spacial score (nSPS) is 20.7. The van der Waals surface area contributed by atoms with E-state index in [0.717, 1.165) is 53.9 Å². The number of ether oxygens (including phenoxy) is 3. The molecule has 0 saturated heterocycles. The Balaban J connectivity index is 1.37. The first-order chi connectivity index (χ1) is 16.4. The maximum Gasteiger partial charge on any atom is 0.410 e. The molecule has 2 aliphatic rings. The maximum atomic E-state index is 12.5. The molecular formula is C26H32ClNO5S. The van der Waals surface area contributed by atoms with Crippen LogP contribution in [0.5, 0.6) is 5.75 Å². The van der Waals surface area contributed by atoms with Gasteiger partial charge in [-0.25, -0.2) is 4.79 Å². The van der Waals surface area contributed by atoms with Crippen LogP contribution in [0.25, 0.3) is 10.4 Å². The van der Waals surface area contributed by atoms with Crippen molar-refractivity contribution in [3.05, 3.63) is 40.2 Å². The second kappa shape index (κ2) is 11.5. The van der Waals surface area contributed by atoms with Crippen LogP contribution in [-0.2, 0) is 20.9 Å². The van der Waals surface area contributed by atoms with Gasteiger partial charge < -0.3 is 19.1 Å². The maximum absolute atomic E-state index is 12.5. The van der Waals surface area contributed by atoms with Crippen LogP contribution in [0.4, 0.5) is 4.79 Å². The minimum atomic E-state index is -0.290. The van der Waals surface area contributed by atoms with Gasteiger partial charge in [-0.05, 0) is 74.4 Å².